The molecular weight excluding hydrogens is 362 g/mol. The summed E-state index contributed by atoms with van der Waals surface area (Å²) < 4.78 is 11.0. The van der Waals surface area contributed by atoms with E-state index in [1.807, 2.05) is 24.3 Å². The third-order valence-corrected chi connectivity index (χ3v) is 6.01. The molecule has 154 valence electrons. The first-order valence-electron chi connectivity index (χ1n) is 10.5. The van der Waals surface area contributed by atoms with E-state index in [4.69, 9.17) is 9.47 Å². The number of ether oxygens (including phenoxy) is 2. The molecule has 0 aromatic heterocycles. The van der Waals surface area contributed by atoms with Crippen molar-refractivity contribution in [3.05, 3.63) is 24.3 Å². The molecular formula is C22H35ClNO3-. The Hall–Kier alpha value is -0.970. The molecule has 0 radical (unpaired) electrons. The van der Waals surface area contributed by atoms with E-state index in [0.29, 0.717) is 18.7 Å². The number of aliphatic hydroxyl groups is 1. The number of aliphatic hydroxyl groups excluding tert-OH is 1. The van der Waals surface area contributed by atoms with Crippen LogP contribution in [0, 0.1) is 0 Å². The molecule has 0 heterocycles. The fraction of sp³-hybridized carbons (Fsp3) is 0.727. The van der Waals surface area contributed by atoms with Crippen LogP contribution in [0.2, 0.25) is 0 Å². The molecule has 0 aliphatic heterocycles. The molecule has 1 unspecified atom stereocenters. The molecule has 1 aromatic rings. The molecule has 0 amide bonds. The van der Waals surface area contributed by atoms with Gasteiger partial charge in [-0.1, -0.05) is 38.5 Å². The van der Waals surface area contributed by atoms with Crippen LogP contribution in [-0.4, -0.2) is 48.5 Å². The second-order valence-electron chi connectivity index (χ2n) is 7.92. The summed E-state index contributed by atoms with van der Waals surface area (Å²) in [6, 6.07) is 8.87. The molecule has 2 saturated carbocycles. The molecule has 5 heteroatoms. The SMILES string of the molecule is COc1ccc(OCC(O)CN(C2CCCCC2)C2CCCCC2)cc1.[Cl-]. The molecule has 4 nitrogen and oxygen atoms in total. The lowest BCUT2D eigenvalue weighted by molar-refractivity contribution is -0.00000812. The summed E-state index contributed by atoms with van der Waals surface area (Å²) in [6.07, 6.45) is 12.8. The first-order valence-corrected chi connectivity index (χ1v) is 10.5. The smallest absolute Gasteiger partial charge is 0.119 e. The first-order chi connectivity index (χ1) is 12.8. The highest BCUT2D eigenvalue weighted by molar-refractivity contribution is 5.31. The van der Waals surface area contributed by atoms with Crippen LogP contribution < -0.4 is 21.9 Å². The maximum atomic E-state index is 10.7. The molecule has 2 aliphatic rings. The first kappa shape index (κ1) is 22.3. The van der Waals surface area contributed by atoms with E-state index in [1.165, 1.54) is 64.2 Å². The molecule has 0 spiro atoms. The average Bonchev–Trinajstić information content (AvgIpc) is 2.72. The van der Waals surface area contributed by atoms with Crippen molar-refractivity contribution in [3.8, 4) is 11.5 Å². The monoisotopic (exact) mass is 396 g/mol. The van der Waals surface area contributed by atoms with Gasteiger partial charge in [0.1, 0.15) is 24.2 Å². The van der Waals surface area contributed by atoms with E-state index in [9.17, 15) is 5.11 Å². The Kier molecular flexibility index (Phi) is 9.74. The van der Waals surface area contributed by atoms with Gasteiger partial charge in [0.2, 0.25) is 0 Å². The molecule has 0 saturated heterocycles. The summed E-state index contributed by atoms with van der Waals surface area (Å²) >= 11 is 0. The summed E-state index contributed by atoms with van der Waals surface area (Å²) in [6.45, 7) is 1.09. The van der Waals surface area contributed by atoms with E-state index in [1.54, 1.807) is 7.11 Å². The lowest BCUT2D eigenvalue weighted by atomic mass is 9.88. The Labute approximate surface area is 170 Å². The maximum Gasteiger partial charge on any atom is 0.119 e. The number of nitrogens with zero attached hydrogens (tertiary/aromatic N) is 1. The van der Waals surface area contributed by atoms with E-state index in [2.05, 4.69) is 4.90 Å². The second-order valence-corrected chi connectivity index (χ2v) is 7.92. The molecule has 0 bridgehead atoms. The summed E-state index contributed by atoms with van der Waals surface area (Å²) in [5, 5.41) is 10.7. The number of benzene rings is 1. The fourth-order valence-electron chi connectivity index (χ4n) is 4.58. The third-order valence-electron chi connectivity index (χ3n) is 6.01. The molecule has 2 fully saturated rings. The minimum atomic E-state index is -0.444. The van der Waals surface area contributed by atoms with Gasteiger partial charge in [-0.2, -0.15) is 0 Å². The van der Waals surface area contributed by atoms with E-state index < -0.39 is 6.10 Å². The van der Waals surface area contributed by atoms with Crippen molar-refractivity contribution in [2.45, 2.75) is 82.4 Å². The van der Waals surface area contributed by atoms with E-state index in [0.717, 1.165) is 18.0 Å². The van der Waals surface area contributed by atoms with Gasteiger partial charge in [-0.25, -0.2) is 0 Å². The maximum absolute atomic E-state index is 10.7. The third kappa shape index (κ3) is 6.85. The van der Waals surface area contributed by atoms with Crippen LogP contribution in [-0.2, 0) is 0 Å². The van der Waals surface area contributed by atoms with Crippen molar-refractivity contribution >= 4 is 0 Å². The van der Waals surface area contributed by atoms with Gasteiger partial charge in [0.15, 0.2) is 0 Å². The number of methoxy groups -OCH3 is 1. The minimum Gasteiger partial charge on any atom is -1.00 e. The zero-order chi connectivity index (χ0) is 18.2. The normalized spacial score (nSPS) is 20.1. The van der Waals surface area contributed by atoms with Gasteiger partial charge in [-0.05, 0) is 49.9 Å². The van der Waals surface area contributed by atoms with Crippen LogP contribution in [0.4, 0.5) is 0 Å². The van der Waals surface area contributed by atoms with Crippen LogP contribution in [0.1, 0.15) is 64.2 Å². The quantitative estimate of drug-likeness (QED) is 0.721. The van der Waals surface area contributed by atoms with Crippen LogP contribution >= 0.6 is 0 Å². The lowest BCUT2D eigenvalue weighted by Crippen LogP contribution is -3.00. The second kappa shape index (κ2) is 11.8. The zero-order valence-corrected chi connectivity index (χ0v) is 17.4. The van der Waals surface area contributed by atoms with Gasteiger partial charge in [0, 0.05) is 18.6 Å². The Balaban J connectivity index is 0.00000261. The molecule has 1 atom stereocenters. The van der Waals surface area contributed by atoms with Crippen molar-refractivity contribution in [2.75, 3.05) is 20.3 Å². The van der Waals surface area contributed by atoms with E-state index >= 15 is 0 Å². The number of hydrogen-bond acceptors (Lipinski definition) is 4. The lowest BCUT2D eigenvalue weighted by Gasteiger charge is -2.42. The van der Waals surface area contributed by atoms with Crippen molar-refractivity contribution in [2.24, 2.45) is 0 Å². The predicted octanol–water partition coefficient (Wildman–Crippen LogP) is 1.41. The molecule has 27 heavy (non-hydrogen) atoms. The number of hydrogen-bond donors (Lipinski definition) is 1. The molecule has 2 aliphatic carbocycles. The Bertz CT molecular complexity index is 495. The number of rotatable bonds is 8. The molecule has 1 aromatic carbocycles. The predicted molar refractivity (Wildman–Crippen MR) is 105 cm³/mol. The highest BCUT2D eigenvalue weighted by Crippen LogP contribution is 2.30. The topological polar surface area (TPSA) is 41.9 Å². The summed E-state index contributed by atoms with van der Waals surface area (Å²) in [7, 11) is 1.66. The van der Waals surface area contributed by atoms with Crippen molar-refractivity contribution in [3.63, 3.8) is 0 Å². The van der Waals surface area contributed by atoms with Crippen LogP contribution in [0.15, 0.2) is 24.3 Å². The van der Waals surface area contributed by atoms with Crippen molar-refractivity contribution < 1.29 is 27.0 Å². The van der Waals surface area contributed by atoms with Gasteiger partial charge in [-0.15, -0.1) is 0 Å². The van der Waals surface area contributed by atoms with E-state index in [-0.39, 0.29) is 12.4 Å². The molecule has 3 rings (SSSR count). The summed E-state index contributed by atoms with van der Waals surface area (Å²) in [4.78, 5) is 2.64. The Morgan fingerprint density at radius 3 is 1.85 bits per heavy atom. The average molecular weight is 397 g/mol. The Morgan fingerprint density at radius 1 is 0.889 bits per heavy atom. The minimum absolute atomic E-state index is 0. The number of halogens is 1. The van der Waals surface area contributed by atoms with Crippen LogP contribution in [0.3, 0.4) is 0 Å². The van der Waals surface area contributed by atoms with Gasteiger partial charge in [0.25, 0.3) is 0 Å². The van der Waals surface area contributed by atoms with Crippen molar-refractivity contribution in [1.29, 1.82) is 0 Å². The largest absolute Gasteiger partial charge is 1.00 e. The Morgan fingerprint density at radius 2 is 1.37 bits per heavy atom. The summed E-state index contributed by atoms with van der Waals surface area (Å²) in [5.41, 5.74) is 0. The van der Waals surface area contributed by atoms with Gasteiger partial charge in [0.05, 0.1) is 7.11 Å². The van der Waals surface area contributed by atoms with Crippen molar-refractivity contribution in [1.82, 2.24) is 4.90 Å². The molecule has 1 N–H and O–H groups in total. The van der Waals surface area contributed by atoms with Gasteiger partial charge >= 0.3 is 0 Å². The fourth-order valence-corrected chi connectivity index (χ4v) is 4.58. The standard InChI is InChI=1S/C22H35NO3.ClH/c1-25-21-12-14-22(15-13-21)26-17-20(24)16-23(18-8-4-2-5-9-18)19-10-6-3-7-11-19;/h12-15,18-20,24H,2-11,16-17H2,1H3;1H/p-1. The zero-order valence-electron chi connectivity index (χ0n) is 16.6. The summed E-state index contributed by atoms with van der Waals surface area (Å²) in [5.74, 6) is 1.60. The van der Waals surface area contributed by atoms with Crippen LogP contribution in [0.5, 0.6) is 11.5 Å². The van der Waals surface area contributed by atoms with Gasteiger partial charge in [-0.3, -0.25) is 4.90 Å². The highest BCUT2D eigenvalue weighted by atomic mass is 35.5. The van der Waals surface area contributed by atoms with Crippen LogP contribution in [0.25, 0.3) is 0 Å². The van der Waals surface area contributed by atoms with Gasteiger partial charge < -0.3 is 27.0 Å². The highest BCUT2D eigenvalue weighted by Gasteiger charge is 2.30.